The van der Waals surface area contributed by atoms with Gasteiger partial charge in [-0.3, -0.25) is 9.59 Å². The van der Waals surface area contributed by atoms with E-state index in [0.29, 0.717) is 12.1 Å². The number of hydrogen-bond acceptors (Lipinski definition) is 4. The third kappa shape index (κ3) is 6.72. The molecular weight excluding hydrogens is 595 g/mol. The molecule has 0 bridgehead atoms. The van der Waals surface area contributed by atoms with Gasteiger partial charge in [0, 0.05) is 25.2 Å². The lowest BCUT2D eigenvalue weighted by Gasteiger charge is -2.54. The molecule has 43 heavy (non-hydrogen) atoms. The monoisotopic (exact) mass is 624 g/mol. The summed E-state index contributed by atoms with van der Waals surface area (Å²) in [7, 11) is 0. The molecule has 1 aliphatic heterocycles. The maximum atomic E-state index is 13.8. The highest BCUT2D eigenvalue weighted by Gasteiger charge is 2.48. The fraction of sp³-hybridized carbons (Fsp3) is 0.517. The molecule has 5 nitrogen and oxygen atoms in total. The van der Waals surface area contributed by atoms with Crippen molar-refractivity contribution in [3.63, 3.8) is 0 Å². The highest BCUT2D eigenvalue weighted by atomic mass is 19.4. The number of hydrogen-bond donors (Lipinski definition) is 0. The van der Waals surface area contributed by atoms with E-state index >= 15 is 0 Å². The molecule has 2 atom stereocenters. The number of fused-ring (bicyclic) bond motifs is 1. The molecule has 14 heteroatoms. The predicted molar refractivity (Wildman–Crippen MR) is 136 cm³/mol. The van der Waals surface area contributed by atoms with Gasteiger partial charge in [-0.25, -0.2) is 0 Å². The van der Waals surface area contributed by atoms with Crippen LogP contribution < -0.4 is 4.90 Å². The van der Waals surface area contributed by atoms with E-state index < -0.39 is 71.0 Å². The zero-order chi connectivity index (χ0) is 32.1. The molecule has 1 aliphatic carbocycles. The number of anilines is 1. The number of carbonyl (C=O) groups excluding carboxylic acids is 2. The molecule has 0 spiro atoms. The molecule has 1 saturated carbocycles. The van der Waals surface area contributed by atoms with E-state index in [9.17, 15) is 49.1 Å². The zero-order valence-corrected chi connectivity index (χ0v) is 23.3. The Bertz CT molecular complexity index is 1330. The Morgan fingerprint density at radius 2 is 1.47 bits per heavy atom. The quantitative estimate of drug-likeness (QED) is 0.231. The number of alkyl halides is 9. The van der Waals surface area contributed by atoms with E-state index in [0.717, 1.165) is 43.2 Å². The molecule has 1 amide bonds. The molecule has 1 heterocycles. The van der Waals surface area contributed by atoms with Gasteiger partial charge >= 0.3 is 18.5 Å². The minimum absolute atomic E-state index is 0.00467. The first-order valence-electron chi connectivity index (χ1n) is 13.4. The van der Waals surface area contributed by atoms with Crippen LogP contribution in [0.3, 0.4) is 0 Å². The Morgan fingerprint density at radius 1 is 0.907 bits per heavy atom. The molecule has 0 radical (unpaired) electrons. The summed E-state index contributed by atoms with van der Waals surface area (Å²) in [6.07, 6.45) is -12.8. The highest BCUT2D eigenvalue weighted by Crippen LogP contribution is 2.50. The maximum absolute atomic E-state index is 13.8. The molecule has 0 N–H and O–H groups in total. The summed E-state index contributed by atoms with van der Waals surface area (Å²) in [4.78, 5) is 27.1. The first kappa shape index (κ1) is 32.5. The summed E-state index contributed by atoms with van der Waals surface area (Å²) in [5.74, 6) is -0.782. The third-order valence-corrected chi connectivity index (χ3v) is 8.16. The summed E-state index contributed by atoms with van der Waals surface area (Å²) in [6.45, 7) is 3.64. The van der Waals surface area contributed by atoms with Crippen LogP contribution >= 0.6 is 0 Å². The van der Waals surface area contributed by atoms with Gasteiger partial charge < -0.3 is 14.5 Å². The normalized spacial score (nSPS) is 19.9. The Morgan fingerprint density at radius 3 is 1.91 bits per heavy atom. The fourth-order valence-electron chi connectivity index (χ4n) is 5.99. The molecule has 0 saturated heterocycles. The summed E-state index contributed by atoms with van der Waals surface area (Å²) in [5.41, 5.74) is -5.85. The molecular formula is C29H29F9N2O3. The Hall–Kier alpha value is -3.45. The van der Waals surface area contributed by atoms with Gasteiger partial charge in [-0.2, -0.15) is 39.5 Å². The average Bonchev–Trinajstić information content (AvgIpc) is 2.83. The first-order chi connectivity index (χ1) is 19.7. The summed E-state index contributed by atoms with van der Waals surface area (Å²) in [5, 5.41) is 0. The van der Waals surface area contributed by atoms with Crippen LogP contribution in [0.15, 0.2) is 36.4 Å². The van der Waals surface area contributed by atoms with E-state index in [-0.39, 0.29) is 36.1 Å². The van der Waals surface area contributed by atoms with E-state index in [1.807, 2.05) is 0 Å². The average molecular weight is 625 g/mol. The number of benzene rings is 2. The van der Waals surface area contributed by atoms with Crippen molar-refractivity contribution in [3.8, 4) is 0 Å². The lowest BCUT2D eigenvalue weighted by atomic mass is 9.73. The number of amides is 1. The van der Waals surface area contributed by atoms with Crippen molar-refractivity contribution in [1.82, 2.24) is 4.90 Å². The number of ether oxygens (including phenoxy) is 1. The molecule has 2 aromatic rings. The topological polar surface area (TPSA) is 49.9 Å². The van der Waals surface area contributed by atoms with E-state index in [1.54, 1.807) is 18.7 Å². The van der Waals surface area contributed by atoms with Crippen LogP contribution in [0, 0.1) is 5.92 Å². The number of nitrogens with zero attached hydrogens (tertiary/aromatic N) is 2. The molecule has 4 rings (SSSR count). The molecule has 2 unspecified atom stereocenters. The fourth-order valence-corrected chi connectivity index (χ4v) is 5.99. The predicted octanol–water partition coefficient (Wildman–Crippen LogP) is 8.12. The SMILES string of the molecule is CC(=O)N(Cc1cc(C(F)(F)F)cc(C(F)(F)F)c1)C1CC(C2CCC2)N(C(C)(C)OC=O)c2ccc(C(F)(F)F)cc21. The van der Waals surface area contributed by atoms with Crippen LogP contribution in [0.25, 0.3) is 0 Å². The number of rotatable bonds is 7. The van der Waals surface area contributed by atoms with Crippen molar-refractivity contribution in [2.24, 2.45) is 5.92 Å². The summed E-state index contributed by atoms with van der Waals surface area (Å²) < 4.78 is 128. The van der Waals surface area contributed by atoms with Crippen LogP contribution in [-0.2, 0) is 39.4 Å². The van der Waals surface area contributed by atoms with Crippen molar-refractivity contribution >= 4 is 18.1 Å². The van der Waals surface area contributed by atoms with E-state index in [2.05, 4.69) is 0 Å². The lowest BCUT2D eigenvalue weighted by molar-refractivity contribution is -0.143. The number of halogens is 9. The minimum atomic E-state index is -5.13. The van der Waals surface area contributed by atoms with E-state index in [1.165, 1.54) is 6.07 Å². The minimum Gasteiger partial charge on any atom is -0.442 e. The van der Waals surface area contributed by atoms with Gasteiger partial charge in [0.2, 0.25) is 5.91 Å². The second-order valence-corrected chi connectivity index (χ2v) is 11.4. The van der Waals surface area contributed by atoms with Crippen molar-refractivity contribution in [2.75, 3.05) is 4.90 Å². The summed E-state index contributed by atoms with van der Waals surface area (Å²) >= 11 is 0. The largest absolute Gasteiger partial charge is 0.442 e. The van der Waals surface area contributed by atoms with Gasteiger partial charge in [0.15, 0.2) is 5.72 Å². The zero-order valence-electron chi connectivity index (χ0n) is 23.3. The van der Waals surface area contributed by atoms with Crippen LogP contribution in [0.5, 0.6) is 0 Å². The van der Waals surface area contributed by atoms with Crippen LogP contribution in [0.4, 0.5) is 45.2 Å². The molecule has 0 aromatic heterocycles. The molecule has 1 fully saturated rings. The van der Waals surface area contributed by atoms with Gasteiger partial charge in [0.1, 0.15) is 0 Å². The number of carbonyl (C=O) groups is 2. The summed E-state index contributed by atoms with van der Waals surface area (Å²) in [6, 6.07) is 2.19. The first-order valence-corrected chi connectivity index (χ1v) is 13.4. The third-order valence-electron chi connectivity index (χ3n) is 8.16. The standard InChI is InChI=1S/C29H29F9N2O3/c1-16(42)39(14-17-9-20(28(33,34)35)11-21(10-17)29(36,37)38)25-13-24(18-5-4-6-18)40(26(2,3)43-15-41)23-8-7-19(12-22(23)25)27(30,31)32/h7-12,15,18,24-25H,4-6,13-14H2,1-3H3. The highest BCUT2D eigenvalue weighted by molar-refractivity contribution is 5.75. The van der Waals surface area contributed by atoms with Crippen LogP contribution in [-0.4, -0.2) is 29.0 Å². The molecule has 236 valence electrons. The van der Waals surface area contributed by atoms with Crippen molar-refractivity contribution in [1.29, 1.82) is 0 Å². The van der Waals surface area contributed by atoms with Crippen molar-refractivity contribution in [3.05, 3.63) is 64.2 Å². The van der Waals surface area contributed by atoms with Gasteiger partial charge in [0.25, 0.3) is 6.47 Å². The van der Waals surface area contributed by atoms with Crippen molar-refractivity contribution in [2.45, 2.75) is 89.3 Å². The van der Waals surface area contributed by atoms with Gasteiger partial charge in [-0.15, -0.1) is 0 Å². The maximum Gasteiger partial charge on any atom is 0.416 e. The molecule has 2 aromatic carbocycles. The lowest BCUT2D eigenvalue weighted by Crippen LogP contribution is -2.59. The van der Waals surface area contributed by atoms with E-state index in [4.69, 9.17) is 4.74 Å². The van der Waals surface area contributed by atoms with Crippen molar-refractivity contribution < 1.29 is 53.8 Å². The molecule has 2 aliphatic rings. The Labute approximate surface area is 241 Å². The second-order valence-electron chi connectivity index (χ2n) is 11.4. The van der Waals surface area contributed by atoms with Crippen LogP contribution in [0.1, 0.15) is 80.3 Å². The Balaban J connectivity index is 1.90. The second kappa shape index (κ2) is 11.2. The van der Waals surface area contributed by atoms with Gasteiger partial charge in [-0.05, 0) is 86.6 Å². The van der Waals surface area contributed by atoms with Crippen LogP contribution in [0.2, 0.25) is 0 Å². The van der Waals surface area contributed by atoms with Gasteiger partial charge in [-0.1, -0.05) is 6.42 Å². The van der Waals surface area contributed by atoms with Gasteiger partial charge in [0.05, 0.1) is 22.7 Å². The smallest absolute Gasteiger partial charge is 0.416 e. The Kier molecular flexibility index (Phi) is 8.48.